The quantitative estimate of drug-likeness (QED) is 0.723. The fourth-order valence-corrected chi connectivity index (χ4v) is 2.40. The van der Waals surface area contributed by atoms with E-state index in [0.29, 0.717) is 0 Å². The topological polar surface area (TPSA) is 15.3 Å². The van der Waals surface area contributed by atoms with Gasteiger partial charge in [0, 0.05) is 24.9 Å². The molecule has 1 N–H and O–H groups in total. The van der Waals surface area contributed by atoms with Crippen molar-refractivity contribution in [3.8, 4) is 0 Å². The Kier molecular flexibility index (Phi) is 5.14. The molecule has 0 spiro atoms. The SMILES string of the molecule is CSCCN(C)CC1CCNC1C. The zero-order valence-electron chi connectivity index (χ0n) is 9.05. The van der Waals surface area contributed by atoms with Crippen molar-refractivity contribution in [3.05, 3.63) is 0 Å². The second-order valence-electron chi connectivity index (χ2n) is 4.05. The first kappa shape index (κ1) is 11.3. The zero-order valence-corrected chi connectivity index (χ0v) is 9.86. The van der Waals surface area contributed by atoms with E-state index in [1.54, 1.807) is 0 Å². The Bertz CT molecular complexity index is 141. The third-order valence-corrected chi connectivity index (χ3v) is 3.50. The van der Waals surface area contributed by atoms with E-state index < -0.39 is 0 Å². The molecule has 2 atom stereocenters. The third-order valence-electron chi connectivity index (χ3n) is 2.91. The average molecular weight is 202 g/mol. The van der Waals surface area contributed by atoms with Gasteiger partial charge >= 0.3 is 0 Å². The molecule has 2 nitrogen and oxygen atoms in total. The lowest BCUT2D eigenvalue weighted by Crippen LogP contribution is -2.33. The van der Waals surface area contributed by atoms with Crippen LogP contribution in [-0.2, 0) is 0 Å². The number of hydrogen-bond donors (Lipinski definition) is 1. The van der Waals surface area contributed by atoms with E-state index in [1.807, 2.05) is 11.8 Å². The molecular formula is C10H22N2S. The molecule has 1 aliphatic heterocycles. The molecular weight excluding hydrogens is 180 g/mol. The number of hydrogen-bond acceptors (Lipinski definition) is 3. The Morgan fingerprint density at radius 2 is 2.31 bits per heavy atom. The van der Waals surface area contributed by atoms with E-state index >= 15 is 0 Å². The first-order valence-corrected chi connectivity index (χ1v) is 6.54. The third kappa shape index (κ3) is 3.88. The van der Waals surface area contributed by atoms with Gasteiger partial charge in [-0.25, -0.2) is 0 Å². The molecule has 0 aromatic rings. The van der Waals surface area contributed by atoms with Gasteiger partial charge in [0.15, 0.2) is 0 Å². The monoisotopic (exact) mass is 202 g/mol. The molecule has 0 bridgehead atoms. The van der Waals surface area contributed by atoms with Gasteiger partial charge in [-0.3, -0.25) is 0 Å². The van der Waals surface area contributed by atoms with Crippen LogP contribution in [0.3, 0.4) is 0 Å². The number of nitrogens with zero attached hydrogens (tertiary/aromatic N) is 1. The molecule has 0 aliphatic carbocycles. The van der Waals surface area contributed by atoms with Crippen LogP contribution in [0.4, 0.5) is 0 Å². The Hall–Kier alpha value is 0.270. The highest BCUT2D eigenvalue weighted by atomic mass is 32.2. The molecule has 1 heterocycles. The van der Waals surface area contributed by atoms with Crippen LogP contribution < -0.4 is 5.32 Å². The van der Waals surface area contributed by atoms with Crippen molar-refractivity contribution in [2.24, 2.45) is 5.92 Å². The van der Waals surface area contributed by atoms with Gasteiger partial charge in [-0.1, -0.05) is 0 Å². The Morgan fingerprint density at radius 1 is 1.54 bits per heavy atom. The molecule has 13 heavy (non-hydrogen) atoms. The Balaban J connectivity index is 2.15. The van der Waals surface area contributed by atoms with Crippen molar-refractivity contribution in [3.63, 3.8) is 0 Å². The highest BCUT2D eigenvalue weighted by molar-refractivity contribution is 7.98. The summed E-state index contributed by atoms with van der Waals surface area (Å²) >= 11 is 1.93. The lowest BCUT2D eigenvalue weighted by molar-refractivity contribution is 0.279. The molecule has 1 fully saturated rings. The minimum Gasteiger partial charge on any atom is -0.314 e. The predicted molar refractivity (Wildman–Crippen MR) is 61.5 cm³/mol. The summed E-state index contributed by atoms with van der Waals surface area (Å²) in [7, 11) is 2.24. The van der Waals surface area contributed by atoms with Gasteiger partial charge in [0.1, 0.15) is 0 Å². The maximum Gasteiger partial charge on any atom is 0.00796 e. The second-order valence-corrected chi connectivity index (χ2v) is 5.03. The highest BCUT2D eigenvalue weighted by Gasteiger charge is 2.23. The molecule has 78 valence electrons. The molecule has 1 saturated heterocycles. The van der Waals surface area contributed by atoms with Gasteiger partial charge in [-0.15, -0.1) is 0 Å². The second kappa shape index (κ2) is 5.89. The molecule has 1 aliphatic rings. The van der Waals surface area contributed by atoms with Gasteiger partial charge in [-0.2, -0.15) is 11.8 Å². The molecule has 0 radical (unpaired) electrons. The van der Waals surface area contributed by atoms with E-state index in [1.165, 1.54) is 31.8 Å². The Labute approximate surface area is 86.5 Å². The van der Waals surface area contributed by atoms with Crippen LogP contribution in [0.5, 0.6) is 0 Å². The van der Waals surface area contributed by atoms with Crippen molar-refractivity contribution < 1.29 is 0 Å². The van der Waals surface area contributed by atoms with Crippen molar-refractivity contribution >= 4 is 11.8 Å². The van der Waals surface area contributed by atoms with Gasteiger partial charge in [0.05, 0.1) is 0 Å². The standard InChI is InChI=1S/C10H22N2S/c1-9-10(4-5-11-9)8-12(2)6-7-13-3/h9-11H,4-8H2,1-3H3. The maximum absolute atomic E-state index is 3.50. The number of thioether (sulfide) groups is 1. The van der Waals surface area contributed by atoms with E-state index in [-0.39, 0.29) is 0 Å². The van der Waals surface area contributed by atoms with Gasteiger partial charge in [0.25, 0.3) is 0 Å². The molecule has 3 heteroatoms. The van der Waals surface area contributed by atoms with Crippen molar-refractivity contribution in [1.29, 1.82) is 0 Å². The van der Waals surface area contributed by atoms with Crippen LogP contribution in [0.1, 0.15) is 13.3 Å². The minimum atomic E-state index is 0.719. The molecule has 0 aromatic carbocycles. The average Bonchev–Trinajstić information content (AvgIpc) is 2.48. The van der Waals surface area contributed by atoms with Gasteiger partial charge in [0.2, 0.25) is 0 Å². The fourth-order valence-electron chi connectivity index (χ4n) is 1.90. The summed E-state index contributed by atoms with van der Waals surface area (Å²) in [6, 6.07) is 0.719. The summed E-state index contributed by atoms with van der Waals surface area (Å²) in [5.41, 5.74) is 0. The maximum atomic E-state index is 3.50. The molecule has 1 rings (SSSR count). The summed E-state index contributed by atoms with van der Waals surface area (Å²) in [6.45, 7) is 6.00. The molecule has 2 unspecified atom stereocenters. The van der Waals surface area contributed by atoms with Crippen LogP contribution >= 0.6 is 11.8 Å². The van der Waals surface area contributed by atoms with Crippen molar-refractivity contribution in [2.75, 3.05) is 38.7 Å². The van der Waals surface area contributed by atoms with Crippen LogP contribution in [0, 0.1) is 5.92 Å². The smallest absolute Gasteiger partial charge is 0.00796 e. The zero-order chi connectivity index (χ0) is 9.68. The van der Waals surface area contributed by atoms with E-state index in [4.69, 9.17) is 0 Å². The number of nitrogens with one attached hydrogen (secondary N) is 1. The lowest BCUT2D eigenvalue weighted by Gasteiger charge is -2.22. The lowest BCUT2D eigenvalue weighted by atomic mass is 10.0. The fraction of sp³-hybridized carbons (Fsp3) is 1.00. The van der Waals surface area contributed by atoms with Crippen LogP contribution in [0.25, 0.3) is 0 Å². The van der Waals surface area contributed by atoms with Crippen LogP contribution in [0.2, 0.25) is 0 Å². The normalized spacial score (nSPS) is 28.6. The Morgan fingerprint density at radius 3 is 2.85 bits per heavy atom. The summed E-state index contributed by atoms with van der Waals surface area (Å²) in [6.07, 6.45) is 3.53. The van der Waals surface area contributed by atoms with Crippen LogP contribution in [-0.4, -0.2) is 49.6 Å². The summed E-state index contributed by atoms with van der Waals surface area (Å²) in [5.74, 6) is 2.12. The summed E-state index contributed by atoms with van der Waals surface area (Å²) in [4.78, 5) is 2.46. The van der Waals surface area contributed by atoms with Crippen LogP contribution in [0.15, 0.2) is 0 Å². The summed E-state index contributed by atoms with van der Waals surface area (Å²) < 4.78 is 0. The summed E-state index contributed by atoms with van der Waals surface area (Å²) in [5, 5.41) is 3.50. The van der Waals surface area contributed by atoms with Crippen molar-refractivity contribution in [2.45, 2.75) is 19.4 Å². The highest BCUT2D eigenvalue weighted by Crippen LogP contribution is 2.15. The van der Waals surface area contributed by atoms with E-state index in [2.05, 4.69) is 30.4 Å². The van der Waals surface area contributed by atoms with Gasteiger partial charge in [-0.05, 0) is 39.1 Å². The first-order valence-electron chi connectivity index (χ1n) is 5.15. The molecule has 0 saturated carbocycles. The van der Waals surface area contributed by atoms with E-state index in [0.717, 1.165) is 12.0 Å². The minimum absolute atomic E-state index is 0.719. The van der Waals surface area contributed by atoms with E-state index in [9.17, 15) is 0 Å². The number of rotatable bonds is 5. The first-order chi connectivity index (χ1) is 6.24. The molecule has 0 aromatic heterocycles. The van der Waals surface area contributed by atoms with Gasteiger partial charge < -0.3 is 10.2 Å². The predicted octanol–water partition coefficient (Wildman–Crippen LogP) is 1.28. The van der Waals surface area contributed by atoms with Crippen molar-refractivity contribution in [1.82, 2.24) is 10.2 Å². The molecule has 0 amide bonds. The largest absolute Gasteiger partial charge is 0.314 e.